The van der Waals surface area contributed by atoms with Crippen LogP contribution in [0, 0.1) is 16.0 Å². The van der Waals surface area contributed by atoms with E-state index in [1.54, 1.807) is 6.92 Å². The number of nitrogens with zero attached hydrogens (tertiary/aromatic N) is 1. The van der Waals surface area contributed by atoms with Crippen LogP contribution in [0.15, 0.2) is 18.2 Å². The minimum absolute atomic E-state index is 0.0209. The van der Waals surface area contributed by atoms with Crippen LogP contribution in [0.25, 0.3) is 0 Å². The lowest BCUT2D eigenvalue weighted by molar-refractivity contribution is -0.388. The first-order valence-electron chi connectivity index (χ1n) is 5.30. The summed E-state index contributed by atoms with van der Waals surface area (Å²) >= 11 is 0. The normalized spacial score (nSPS) is 13.4. The highest BCUT2D eigenvalue weighted by Crippen LogP contribution is 2.36. The van der Waals surface area contributed by atoms with Crippen molar-refractivity contribution in [3.8, 4) is 0 Å². The predicted octanol–water partition coefficient (Wildman–Crippen LogP) is 2.75. The average molecular weight is 262 g/mol. The number of nitro groups is 1. The third-order valence-corrected chi connectivity index (χ3v) is 2.55. The number of nitrogens with two attached hydrogens (primary N) is 1. The minimum atomic E-state index is -4.73. The zero-order valence-electron chi connectivity index (χ0n) is 9.70. The van der Waals surface area contributed by atoms with E-state index in [1.807, 2.05) is 0 Å². The van der Waals surface area contributed by atoms with Crippen molar-refractivity contribution in [3.05, 3.63) is 39.4 Å². The van der Waals surface area contributed by atoms with Crippen molar-refractivity contribution in [3.63, 3.8) is 0 Å². The van der Waals surface area contributed by atoms with Crippen molar-refractivity contribution < 1.29 is 18.1 Å². The lowest BCUT2D eigenvalue weighted by atomic mass is 9.98. The summed E-state index contributed by atoms with van der Waals surface area (Å²) in [5.74, 6) is 0.0209. The smallest absolute Gasteiger partial charge is 0.330 e. The molecule has 0 radical (unpaired) electrons. The molecule has 1 unspecified atom stereocenters. The van der Waals surface area contributed by atoms with Gasteiger partial charge in [0.25, 0.3) is 5.69 Å². The Hall–Kier alpha value is -1.63. The summed E-state index contributed by atoms with van der Waals surface area (Å²) in [6.07, 6.45) is -4.37. The molecule has 4 nitrogen and oxygen atoms in total. The highest BCUT2D eigenvalue weighted by molar-refractivity contribution is 5.44. The summed E-state index contributed by atoms with van der Waals surface area (Å²) in [6, 6.07) is 3.05. The van der Waals surface area contributed by atoms with Gasteiger partial charge in [-0.1, -0.05) is 13.0 Å². The number of benzene rings is 1. The summed E-state index contributed by atoms with van der Waals surface area (Å²) in [7, 11) is 0. The molecule has 0 saturated heterocycles. The molecule has 100 valence electrons. The Balaban J connectivity index is 3.18. The molecule has 0 aliphatic rings. The zero-order chi connectivity index (χ0) is 13.9. The third-order valence-electron chi connectivity index (χ3n) is 2.55. The van der Waals surface area contributed by atoms with Crippen LogP contribution in [-0.4, -0.2) is 11.5 Å². The van der Waals surface area contributed by atoms with E-state index >= 15 is 0 Å². The van der Waals surface area contributed by atoms with Crippen LogP contribution in [0.3, 0.4) is 0 Å². The van der Waals surface area contributed by atoms with Gasteiger partial charge in [0.2, 0.25) is 0 Å². The highest BCUT2D eigenvalue weighted by Gasteiger charge is 2.38. The van der Waals surface area contributed by atoms with E-state index in [0.29, 0.717) is 18.5 Å². The summed E-state index contributed by atoms with van der Waals surface area (Å²) in [5, 5.41) is 10.5. The van der Waals surface area contributed by atoms with Gasteiger partial charge in [0, 0.05) is 6.07 Å². The minimum Gasteiger partial charge on any atom is -0.330 e. The van der Waals surface area contributed by atoms with Crippen molar-refractivity contribution in [2.24, 2.45) is 11.7 Å². The SMILES string of the molecule is CC(CN)Cc1ccc([N+](=O)[O-])c(C(F)(F)F)c1. The fourth-order valence-corrected chi connectivity index (χ4v) is 1.58. The van der Waals surface area contributed by atoms with Crippen molar-refractivity contribution in [2.75, 3.05) is 6.54 Å². The lowest BCUT2D eigenvalue weighted by Crippen LogP contribution is -2.14. The van der Waals surface area contributed by atoms with Crippen LogP contribution in [0.4, 0.5) is 18.9 Å². The van der Waals surface area contributed by atoms with Crippen molar-refractivity contribution in [2.45, 2.75) is 19.5 Å². The largest absolute Gasteiger partial charge is 0.423 e. The van der Waals surface area contributed by atoms with E-state index in [1.165, 1.54) is 6.07 Å². The fraction of sp³-hybridized carbons (Fsp3) is 0.455. The van der Waals surface area contributed by atoms with E-state index in [0.717, 1.165) is 12.1 Å². The Morgan fingerprint density at radius 1 is 1.44 bits per heavy atom. The molecule has 0 aromatic heterocycles. The maximum Gasteiger partial charge on any atom is 0.423 e. The van der Waals surface area contributed by atoms with Crippen LogP contribution in [0.1, 0.15) is 18.1 Å². The number of halogens is 3. The van der Waals surface area contributed by atoms with Crippen LogP contribution in [0.2, 0.25) is 0 Å². The summed E-state index contributed by atoms with van der Waals surface area (Å²) in [4.78, 5) is 9.51. The summed E-state index contributed by atoms with van der Waals surface area (Å²) < 4.78 is 38.0. The lowest BCUT2D eigenvalue weighted by Gasteiger charge is -2.12. The number of rotatable bonds is 4. The Labute approximate surface area is 102 Å². The van der Waals surface area contributed by atoms with Crippen LogP contribution >= 0.6 is 0 Å². The average Bonchev–Trinajstić information content (AvgIpc) is 2.27. The Kier molecular flexibility index (Phi) is 4.28. The first kappa shape index (κ1) is 14.4. The summed E-state index contributed by atoms with van der Waals surface area (Å²) in [6.45, 7) is 2.15. The number of alkyl halides is 3. The summed E-state index contributed by atoms with van der Waals surface area (Å²) in [5.41, 5.74) is 3.65. The molecular weight excluding hydrogens is 249 g/mol. The molecule has 1 rings (SSSR count). The van der Waals surface area contributed by atoms with E-state index in [4.69, 9.17) is 5.73 Å². The van der Waals surface area contributed by atoms with Crippen LogP contribution in [0.5, 0.6) is 0 Å². The Morgan fingerprint density at radius 3 is 2.50 bits per heavy atom. The molecule has 7 heteroatoms. The molecule has 0 bridgehead atoms. The second-order valence-corrected chi connectivity index (χ2v) is 4.15. The van der Waals surface area contributed by atoms with Gasteiger partial charge in [0.05, 0.1) is 4.92 Å². The zero-order valence-corrected chi connectivity index (χ0v) is 9.70. The number of hydrogen-bond acceptors (Lipinski definition) is 3. The van der Waals surface area contributed by atoms with Gasteiger partial charge in [-0.3, -0.25) is 10.1 Å². The van der Waals surface area contributed by atoms with Gasteiger partial charge in [-0.15, -0.1) is 0 Å². The monoisotopic (exact) mass is 262 g/mol. The van der Waals surface area contributed by atoms with Gasteiger partial charge in [-0.25, -0.2) is 0 Å². The molecule has 0 fully saturated rings. The van der Waals surface area contributed by atoms with Gasteiger partial charge in [0.15, 0.2) is 0 Å². The van der Waals surface area contributed by atoms with Crippen molar-refractivity contribution in [1.82, 2.24) is 0 Å². The molecule has 0 aliphatic carbocycles. The molecule has 18 heavy (non-hydrogen) atoms. The van der Waals surface area contributed by atoms with Gasteiger partial charge in [-0.2, -0.15) is 13.2 Å². The third kappa shape index (κ3) is 3.43. The quantitative estimate of drug-likeness (QED) is 0.670. The second kappa shape index (κ2) is 5.34. The standard InChI is InChI=1S/C11H13F3N2O2/c1-7(6-15)4-8-2-3-10(16(17)18)9(5-8)11(12,13)14/h2-3,5,7H,4,6,15H2,1H3. The van der Waals surface area contributed by atoms with E-state index in [-0.39, 0.29) is 5.92 Å². The molecular formula is C11H13F3N2O2. The number of hydrogen-bond donors (Lipinski definition) is 1. The molecule has 0 heterocycles. The predicted molar refractivity (Wildman–Crippen MR) is 60.0 cm³/mol. The van der Waals surface area contributed by atoms with Crippen LogP contribution in [-0.2, 0) is 12.6 Å². The highest BCUT2D eigenvalue weighted by atomic mass is 19.4. The van der Waals surface area contributed by atoms with Gasteiger partial charge in [0.1, 0.15) is 5.56 Å². The molecule has 0 aliphatic heterocycles. The molecule has 0 spiro atoms. The fourth-order valence-electron chi connectivity index (χ4n) is 1.58. The molecule has 0 amide bonds. The molecule has 0 saturated carbocycles. The Morgan fingerprint density at radius 2 is 2.06 bits per heavy atom. The van der Waals surface area contributed by atoms with Gasteiger partial charge in [-0.05, 0) is 30.5 Å². The topological polar surface area (TPSA) is 69.2 Å². The second-order valence-electron chi connectivity index (χ2n) is 4.15. The Bertz CT molecular complexity index is 446. The van der Waals surface area contributed by atoms with Crippen molar-refractivity contribution in [1.29, 1.82) is 0 Å². The van der Waals surface area contributed by atoms with Crippen molar-refractivity contribution >= 4 is 5.69 Å². The molecule has 1 aromatic rings. The van der Waals surface area contributed by atoms with Gasteiger partial charge >= 0.3 is 6.18 Å². The van der Waals surface area contributed by atoms with Crippen LogP contribution < -0.4 is 5.73 Å². The molecule has 1 atom stereocenters. The first-order chi connectivity index (χ1) is 8.25. The number of nitro benzene ring substituents is 1. The van der Waals surface area contributed by atoms with Gasteiger partial charge < -0.3 is 5.73 Å². The molecule has 2 N–H and O–H groups in total. The van der Waals surface area contributed by atoms with E-state index < -0.39 is 22.4 Å². The maximum absolute atomic E-state index is 12.7. The van der Waals surface area contributed by atoms with E-state index in [9.17, 15) is 23.3 Å². The molecule has 1 aromatic carbocycles. The maximum atomic E-state index is 12.7. The van der Waals surface area contributed by atoms with E-state index in [2.05, 4.69) is 0 Å². The first-order valence-corrected chi connectivity index (χ1v) is 5.30.